The average molecular weight is 460 g/mol. The fourth-order valence-corrected chi connectivity index (χ4v) is 5.48. The van der Waals surface area contributed by atoms with Gasteiger partial charge in [-0.05, 0) is 18.4 Å². The van der Waals surface area contributed by atoms with Gasteiger partial charge in [0.05, 0.1) is 20.8 Å². The van der Waals surface area contributed by atoms with Crippen molar-refractivity contribution in [3.05, 3.63) is 29.6 Å². The Morgan fingerprint density at radius 3 is 2.87 bits per heavy atom. The number of aromatic nitrogens is 4. The van der Waals surface area contributed by atoms with Crippen molar-refractivity contribution in [3.8, 4) is 22.2 Å². The summed E-state index contributed by atoms with van der Waals surface area (Å²) < 4.78 is 14.2. The van der Waals surface area contributed by atoms with Crippen molar-refractivity contribution in [3.63, 3.8) is 0 Å². The van der Waals surface area contributed by atoms with E-state index in [4.69, 9.17) is 9.47 Å². The summed E-state index contributed by atoms with van der Waals surface area (Å²) in [6.07, 6.45) is 0. The third kappa shape index (κ3) is 3.75. The Morgan fingerprint density at radius 2 is 2.10 bits per heavy atom. The fraction of sp³-hybridized carbons (Fsp3) is 0.263. The van der Waals surface area contributed by atoms with Crippen molar-refractivity contribution >= 4 is 55.7 Å². The minimum Gasteiger partial charge on any atom is -0.486 e. The van der Waals surface area contributed by atoms with Gasteiger partial charge in [0, 0.05) is 18.7 Å². The normalized spacial score (nSPS) is 13.0. The van der Waals surface area contributed by atoms with Gasteiger partial charge in [-0.15, -0.1) is 21.5 Å². The number of hydrogen-bond donors (Lipinski definition) is 1. The van der Waals surface area contributed by atoms with Crippen LogP contribution in [0.15, 0.2) is 34.8 Å². The summed E-state index contributed by atoms with van der Waals surface area (Å²) in [5.41, 5.74) is 0.776. The van der Waals surface area contributed by atoms with Crippen LogP contribution in [-0.2, 0) is 11.3 Å². The fourth-order valence-electron chi connectivity index (χ4n) is 3.07. The Kier molecular flexibility index (Phi) is 5.32. The number of nitrogens with zero attached hydrogens (tertiary/aromatic N) is 4. The lowest BCUT2D eigenvalue weighted by molar-refractivity contribution is -0.113. The first kappa shape index (κ1) is 19.3. The first-order chi connectivity index (χ1) is 14.7. The highest BCUT2D eigenvalue weighted by Gasteiger charge is 2.18. The number of carbonyl (C=O) groups is 1. The van der Waals surface area contributed by atoms with Crippen LogP contribution in [0.3, 0.4) is 0 Å². The Morgan fingerprint density at radius 1 is 1.27 bits per heavy atom. The molecule has 0 saturated carbocycles. The molecule has 11 heteroatoms. The number of ether oxygens (including phenoxy) is 2. The third-order valence-electron chi connectivity index (χ3n) is 4.41. The molecule has 1 amide bonds. The highest BCUT2D eigenvalue weighted by molar-refractivity contribution is 7.99. The highest BCUT2D eigenvalue weighted by atomic mass is 32.2. The van der Waals surface area contributed by atoms with E-state index in [0.717, 1.165) is 32.6 Å². The number of nitrogens with one attached hydrogen (secondary N) is 1. The van der Waals surface area contributed by atoms with E-state index in [9.17, 15) is 4.79 Å². The molecule has 0 saturated heterocycles. The van der Waals surface area contributed by atoms with Crippen LogP contribution in [0.2, 0.25) is 0 Å². The summed E-state index contributed by atoms with van der Waals surface area (Å²) >= 11 is 4.39. The molecular weight excluding hydrogens is 442 g/mol. The Labute approximate surface area is 184 Å². The van der Waals surface area contributed by atoms with Crippen LogP contribution in [0.5, 0.6) is 11.5 Å². The molecule has 0 radical (unpaired) electrons. The largest absolute Gasteiger partial charge is 0.486 e. The van der Waals surface area contributed by atoms with E-state index >= 15 is 0 Å². The lowest BCUT2D eigenvalue weighted by Crippen LogP contribution is -2.15. The second-order valence-electron chi connectivity index (χ2n) is 6.35. The van der Waals surface area contributed by atoms with Gasteiger partial charge in [-0.25, -0.2) is 4.98 Å². The molecule has 1 aromatic carbocycles. The van der Waals surface area contributed by atoms with E-state index in [1.165, 1.54) is 23.1 Å². The number of benzene rings is 1. The first-order valence-corrected chi connectivity index (χ1v) is 12.0. The maximum atomic E-state index is 12.5. The van der Waals surface area contributed by atoms with Crippen LogP contribution in [0.25, 0.3) is 20.9 Å². The van der Waals surface area contributed by atoms with E-state index in [0.29, 0.717) is 29.8 Å². The van der Waals surface area contributed by atoms with E-state index in [1.807, 2.05) is 41.1 Å². The topological polar surface area (TPSA) is 91.2 Å². The van der Waals surface area contributed by atoms with Gasteiger partial charge in [-0.3, -0.25) is 4.79 Å². The molecule has 1 aliphatic rings. The standard InChI is InChI=1S/C19H17N5O3S3/c1-2-24-17(14-4-3-7-28-14)22-23-19(24)29-10-16(25)21-18-20-11-8-12-13(9-15(11)30-18)27-6-5-26-12/h3-4,7-9H,2,5-6,10H2,1H3,(H,20,21,25). The molecule has 0 aliphatic carbocycles. The van der Waals surface area contributed by atoms with Gasteiger partial charge in [0.25, 0.3) is 0 Å². The maximum Gasteiger partial charge on any atom is 0.236 e. The lowest BCUT2D eigenvalue weighted by atomic mass is 10.3. The number of thiazole rings is 1. The van der Waals surface area contributed by atoms with E-state index < -0.39 is 0 Å². The first-order valence-electron chi connectivity index (χ1n) is 9.31. The predicted molar refractivity (Wildman–Crippen MR) is 119 cm³/mol. The van der Waals surface area contributed by atoms with Gasteiger partial charge in [-0.1, -0.05) is 29.2 Å². The maximum absolute atomic E-state index is 12.5. The molecule has 154 valence electrons. The number of anilines is 1. The van der Waals surface area contributed by atoms with Gasteiger partial charge in [-0.2, -0.15) is 0 Å². The monoisotopic (exact) mass is 459 g/mol. The molecule has 5 rings (SSSR count). The lowest BCUT2D eigenvalue weighted by Gasteiger charge is -2.17. The van der Waals surface area contributed by atoms with Gasteiger partial charge in [0.15, 0.2) is 27.6 Å². The molecular formula is C19H17N5O3S3. The minimum atomic E-state index is -0.139. The van der Waals surface area contributed by atoms with Crippen LogP contribution >= 0.6 is 34.4 Å². The number of thioether (sulfide) groups is 1. The van der Waals surface area contributed by atoms with Crippen LogP contribution in [0.4, 0.5) is 5.13 Å². The number of carbonyl (C=O) groups excluding carboxylic acids is 1. The van der Waals surface area contributed by atoms with E-state index in [-0.39, 0.29) is 11.7 Å². The van der Waals surface area contributed by atoms with Crippen molar-refractivity contribution in [2.24, 2.45) is 0 Å². The van der Waals surface area contributed by atoms with E-state index in [1.54, 1.807) is 11.3 Å². The molecule has 8 nitrogen and oxygen atoms in total. The second-order valence-corrected chi connectivity index (χ2v) is 9.27. The zero-order valence-corrected chi connectivity index (χ0v) is 18.4. The van der Waals surface area contributed by atoms with Crippen LogP contribution in [0.1, 0.15) is 6.92 Å². The van der Waals surface area contributed by atoms with Crippen molar-refractivity contribution in [2.75, 3.05) is 24.3 Å². The summed E-state index contributed by atoms with van der Waals surface area (Å²) in [7, 11) is 0. The summed E-state index contributed by atoms with van der Waals surface area (Å²) in [5.74, 6) is 2.31. The highest BCUT2D eigenvalue weighted by Crippen LogP contribution is 2.38. The molecule has 3 aromatic heterocycles. The number of hydrogen-bond acceptors (Lipinski definition) is 9. The zero-order chi connectivity index (χ0) is 20.5. The number of amides is 1. The average Bonchev–Trinajstić information content (AvgIpc) is 3.48. The van der Waals surface area contributed by atoms with Crippen LogP contribution in [-0.4, -0.2) is 44.6 Å². The van der Waals surface area contributed by atoms with Gasteiger partial charge >= 0.3 is 0 Å². The van der Waals surface area contributed by atoms with Gasteiger partial charge in [0.1, 0.15) is 13.2 Å². The number of rotatable bonds is 6. The molecule has 4 aromatic rings. The molecule has 1 aliphatic heterocycles. The molecule has 1 N–H and O–H groups in total. The quantitative estimate of drug-likeness (QED) is 0.433. The summed E-state index contributed by atoms with van der Waals surface area (Å²) in [4.78, 5) is 18.0. The third-order valence-corrected chi connectivity index (χ3v) is 7.17. The van der Waals surface area contributed by atoms with Crippen molar-refractivity contribution in [1.29, 1.82) is 0 Å². The molecule has 0 unspecified atom stereocenters. The van der Waals surface area contributed by atoms with Gasteiger partial charge < -0.3 is 19.4 Å². The molecule has 4 heterocycles. The van der Waals surface area contributed by atoms with Crippen molar-refractivity contribution in [1.82, 2.24) is 19.7 Å². The van der Waals surface area contributed by atoms with Crippen molar-refractivity contribution in [2.45, 2.75) is 18.6 Å². The Hall–Kier alpha value is -2.63. The summed E-state index contributed by atoms with van der Waals surface area (Å²) in [6.45, 7) is 3.84. The van der Waals surface area contributed by atoms with Crippen LogP contribution < -0.4 is 14.8 Å². The van der Waals surface area contributed by atoms with Gasteiger partial charge in [0.2, 0.25) is 5.91 Å². The molecule has 0 fully saturated rings. The van der Waals surface area contributed by atoms with Crippen LogP contribution in [0, 0.1) is 0 Å². The van der Waals surface area contributed by atoms with E-state index in [2.05, 4.69) is 20.5 Å². The molecule has 0 spiro atoms. The predicted octanol–water partition coefficient (Wildman–Crippen LogP) is 4.14. The zero-order valence-electron chi connectivity index (χ0n) is 16.0. The second kappa shape index (κ2) is 8.25. The molecule has 0 bridgehead atoms. The Balaban J connectivity index is 1.27. The molecule has 30 heavy (non-hydrogen) atoms. The number of fused-ring (bicyclic) bond motifs is 2. The smallest absolute Gasteiger partial charge is 0.236 e. The van der Waals surface area contributed by atoms with Crippen molar-refractivity contribution < 1.29 is 14.3 Å². The Bertz CT molecular complexity index is 1160. The summed E-state index contributed by atoms with van der Waals surface area (Å²) in [5, 5.41) is 14.7. The summed E-state index contributed by atoms with van der Waals surface area (Å²) in [6, 6.07) is 7.76. The SMILES string of the molecule is CCn1c(SCC(=O)Nc2nc3cc4c(cc3s2)OCCO4)nnc1-c1cccs1. The minimum absolute atomic E-state index is 0.139. The number of thiophene rings is 1. The molecule has 0 atom stereocenters.